The molecular weight excluding hydrogens is 318 g/mol. The molecule has 0 aromatic heterocycles. The molecule has 0 spiro atoms. The zero-order chi connectivity index (χ0) is 18.2. The van der Waals surface area contributed by atoms with E-state index in [0.29, 0.717) is 23.3 Å². The lowest BCUT2D eigenvalue weighted by molar-refractivity contribution is 0.324. The standard InChI is InChI=1S/C20H27NO4/c1-14(6-7-15-8-10-17(22-2)11-9-15)21-16-12-18(23-3)20(25-5)19(13-16)24-4/h8-14,21H,6-7H2,1-5H3/t14-/m0/s1. The lowest BCUT2D eigenvalue weighted by atomic mass is 10.1. The van der Waals surface area contributed by atoms with Crippen LogP contribution < -0.4 is 24.3 Å². The Bertz CT molecular complexity index is 645. The summed E-state index contributed by atoms with van der Waals surface area (Å²) in [7, 11) is 6.52. The Kier molecular flexibility index (Phi) is 6.81. The van der Waals surface area contributed by atoms with E-state index >= 15 is 0 Å². The van der Waals surface area contributed by atoms with Crippen LogP contribution in [0.2, 0.25) is 0 Å². The van der Waals surface area contributed by atoms with Crippen molar-refractivity contribution in [2.45, 2.75) is 25.8 Å². The summed E-state index contributed by atoms with van der Waals surface area (Å²) in [6.45, 7) is 2.16. The van der Waals surface area contributed by atoms with Gasteiger partial charge in [0.2, 0.25) is 5.75 Å². The van der Waals surface area contributed by atoms with Crippen molar-refractivity contribution < 1.29 is 18.9 Å². The second kappa shape index (κ2) is 9.06. The molecule has 136 valence electrons. The Morgan fingerprint density at radius 1 is 0.840 bits per heavy atom. The quantitative estimate of drug-likeness (QED) is 0.740. The van der Waals surface area contributed by atoms with Crippen LogP contribution >= 0.6 is 0 Å². The van der Waals surface area contributed by atoms with E-state index in [4.69, 9.17) is 18.9 Å². The molecule has 2 rings (SSSR count). The number of aryl methyl sites for hydroxylation is 1. The molecule has 0 saturated carbocycles. The van der Waals surface area contributed by atoms with Gasteiger partial charge in [-0.2, -0.15) is 0 Å². The van der Waals surface area contributed by atoms with Crippen molar-refractivity contribution in [2.24, 2.45) is 0 Å². The number of methoxy groups -OCH3 is 4. The van der Waals surface area contributed by atoms with Gasteiger partial charge in [-0.1, -0.05) is 12.1 Å². The van der Waals surface area contributed by atoms with E-state index in [1.807, 2.05) is 24.3 Å². The summed E-state index contributed by atoms with van der Waals surface area (Å²) in [6, 6.07) is 12.3. The van der Waals surface area contributed by atoms with E-state index in [0.717, 1.165) is 24.3 Å². The first-order valence-electron chi connectivity index (χ1n) is 8.30. The Morgan fingerprint density at radius 3 is 1.92 bits per heavy atom. The highest BCUT2D eigenvalue weighted by Crippen LogP contribution is 2.40. The van der Waals surface area contributed by atoms with E-state index in [1.165, 1.54) is 5.56 Å². The van der Waals surface area contributed by atoms with E-state index < -0.39 is 0 Å². The Balaban J connectivity index is 2.00. The summed E-state index contributed by atoms with van der Waals surface area (Å²) >= 11 is 0. The molecule has 0 saturated heterocycles. The van der Waals surface area contributed by atoms with Crippen LogP contribution in [-0.4, -0.2) is 34.5 Å². The van der Waals surface area contributed by atoms with Crippen molar-refractivity contribution in [2.75, 3.05) is 33.8 Å². The van der Waals surface area contributed by atoms with Gasteiger partial charge in [0.25, 0.3) is 0 Å². The summed E-state index contributed by atoms with van der Waals surface area (Å²) in [5, 5.41) is 3.50. The molecule has 5 heteroatoms. The molecule has 0 fully saturated rings. The van der Waals surface area contributed by atoms with Gasteiger partial charge in [0.1, 0.15) is 5.75 Å². The largest absolute Gasteiger partial charge is 0.497 e. The highest BCUT2D eigenvalue weighted by atomic mass is 16.5. The van der Waals surface area contributed by atoms with Crippen LogP contribution in [-0.2, 0) is 6.42 Å². The number of ether oxygens (including phenoxy) is 4. The molecule has 2 aromatic rings. The predicted molar refractivity (Wildman–Crippen MR) is 100 cm³/mol. The molecule has 5 nitrogen and oxygen atoms in total. The van der Waals surface area contributed by atoms with Gasteiger partial charge >= 0.3 is 0 Å². The van der Waals surface area contributed by atoms with Gasteiger partial charge in [0.05, 0.1) is 28.4 Å². The monoisotopic (exact) mass is 345 g/mol. The van der Waals surface area contributed by atoms with Crippen molar-refractivity contribution in [1.29, 1.82) is 0 Å². The molecule has 0 amide bonds. The zero-order valence-electron chi connectivity index (χ0n) is 15.6. The molecule has 1 N–H and O–H groups in total. The fourth-order valence-electron chi connectivity index (χ4n) is 2.70. The SMILES string of the molecule is COc1ccc(CC[C@H](C)Nc2cc(OC)c(OC)c(OC)c2)cc1. The molecular formula is C20H27NO4. The first-order valence-corrected chi connectivity index (χ1v) is 8.30. The van der Waals surface area contributed by atoms with Crippen molar-refractivity contribution in [3.63, 3.8) is 0 Å². The molecule has 0 unspecified atom stereocenters. The molecule has 0 heterocycles. The highest BCUT2D eigenvalue weighted by molar-refractivity contribution is 5.62. The number of anilines is 1. The minimum Gasteiger partial charge on any atom is -0.497 e. The first kappa shape index (κ1) is 18.8. The molecule has 0 aliphatic rings. The maximum atomic E-state index is 5.40. The first-order chi connectivity index (χ1) is 12.1. The summed E-state index contributed by atoms with van der Waals surface area (Å²) in [5.74, 6) is 2.77. The molecule has 0 radical (unpaired) electrons. The van der Waals surface area contributed by atoms with Crippen LogP contribution in [0.3, 0.4) is 0 Å². The van der Waals surface area contributed by atoms with Crippen LogP contribution in [0.1, 0.15) is 18.9 Å². The second-order valence-electron chi connectivity index (χ2n) is 5.85. The van der Waals surface area contributed by atoms with Crippen LogP contribution in [0.15, 0.2) is 36.4 Å². The normalized spacial score (nSPS) is 11.6. The van der Waals surface area contributed by atoms with Gasteiger partial charge < -0.3 is 24.3 Å². The fraction of sp³-hybridized carbons (Fsp3) is 0.400. The van der Waals surface area contributed by atoms with Gasteiger partial charge in [0.15, 0.2) is 11.5 Å². The average molecular weight is 345 g/mol. The van der Waals surface area contributed by atoms with Crippen molar-refractivity contribution in [1.82, 2.24) is 0 Å². The molecule has 0 aliphatic carbocycles. The van der Waals surface area contributed by atoms with E-state index in [1.54, 1.807) is 28.4 Å². The Hall–Kier alpha value is -2.56. The van der Waals surface area contributed by atoms with E-state index in [2.05, 4.69) is 24.4 Å². The highest BCUT2D eigenvalue weighted by Gasteiger charge is 2.14. The van der Waals surface area contributed by atoms with Crippen molar-refractivity contribution in [3.05, 3.63) is 42.0 Å². The number of hydrogen-bond acceptors (Lipinski definition) is 5. The van der Waals surface area contributed by atoms with Crippen LogP contribution in [0.25, 0.3) is 0 Å². The fourth-order valence-corrected chi connectivity index (χ4v) is 2.70. The summed E-state index contributed by atoms with van der Waals surface area (Å²) in [5.41, 5.74) is 2.23. The minimum absolute atomic E-state index is 0.296. The molecule has 1 atom stereocenters. The van der Waals surface area contributed by atoms with E-state index in [9.17, 15) is 0 Å². The van der Waals surface area contributed by atoms with Crippen molar-refractivity contribution in [3.8, 4) is 23.0 Å². The smallest absolute Gasteiger partial charge is 0.203 e. The number of nitrogens with one attached hydrogen (secondary N) is 1. The molecule has 25 heavy (non-hydrogen) atoms. The lowest BCUT2D eigenvalue weighted by Crippen LogP contribution is -2.16. The van der Waals surface area contributed by atoms with Gasteiger partial charge in [-0.3, -0.25) is 0 Å². The maximum absolute atomic E-state index is 5.40. The molecule has 0 aliphatic heterocycles. The van der Waals surface area contributed by atoms with Crippen LogP contribution in [0.5, 0.6) is 23.0 Å². The predicted octanol–water partition coefficient (Wildman–Crippen LogP) is 4.15. The van der Waals surface area contributed by atoms with Crippen molar-refractivity contribution >= 4 is 5.69 Å². The van der Waals surface area contributed by atoms with Gasteiger partial charge in [0, 0.05) is 23.9 Å². The van der Waals surface area contributed by atoms with Gasteiger partial charge in [-0.15, -0.1) is 0 Å². The lowest BCUT2D eigenvalue weighted by Gasteiger charge is -2.19. The van der Waals surface area contributed by atoms with Gasteiger partial charge in [-0.05, 0) is 37.5 Å². The summed E-state index contributed by atoms with van der Waals surface area (Å²) < 4.78 is 21.3. The number of hydrogen-bond donors (Lipinski definition) is 1. The topological polar surface area (TPSA) is 49.0 Å². The third-order valence-corrected chi connectivity index (χ3v) is 4.10. The van der Waals surface area contributed by atoms with E-state index in [-0.39, 0.29) is 0 Å². The minimum atomic E-state index is 0.296. The average Bonchev–Trinajstić information content (AvgIpc) is 2.65. The second-order valence-corrected chi connectivity index (χ2v) is 5.85. The van der Waals surface area contributed by atoms with Crippen LogP contribution in [0.4, 0.5) is 5.69 Å². The maximum Gasteiger partial charge on any atom is 0.203 e. The zero-order valence-corrected chi connectivity index (χ0v) is 15.6. The molecule has 0 bridgehead atoms. The van der Waals surface area contributed by atoms with Crippen LogP contribution in [0, 0.1) is 0 Å². The number of rotatable bonds is 9. The summed E-state index contributed by atoms with van der Waals surface area (Å²) in [4.78, 5) is 0. The van der Waals surface area contributed by atoms with Gasteiger partial charge in [-0.25, -0.2) is 0 Å². The number of benzene rings is 2. The Morgan fingerprint density at radius 2 is 1.44 bits per heavy atom. The Labute approximate surface area is 149 Å². The third kappa shape index (κ3) is 4.95. The third-order valence-electron chi connectivity index (χ3n) is 4.10. The molecule has 2 aromatic carbocycles. The summed E-state index contributed by atoms with van der Waals surface area (Å²) in [6.07, 6.45) is 1.99.